The molecular weight excluding hydrogens is 346 g/mol. The van der Waals surface area contributed by atoms with Gasteiger partial charge in [-0.2, -0.15) is 13.2 Å². The molecule has 0 fully saturated rings. The molecule has 0 radical (unpaired) electrons. The number of alkyl halides is 3. The van der Waals surface area contributed by atoms with E-state index in [2.05, 4.69) is 6.07 Å². The van der Waals surface area contributed by atoms with E-state index in [0.717, 1.165) is 16.5 Å². The van der Waals surface area contributed by atoms with Gasteiger partial charge in [-0.05, 0) is 25.3 Å². The van der Waals surface area contributed by atoms with Gasteiger partial charge in [-0.15, -0.1) is 0 Å². The molecule has 0 unspecified atom stereocenters. The Hall–Kier alpha value is -2.78. The SMILES string of the molecule is CN(C/C=C/c1c#cc(C(F)(F)F)cc1F)Cc1coc2ccccc12. The first-order valence-electron chi connectivity index (χ1n) is 7.85. The predicted molar refractivity (Wildman–Crippen MR) is 90.7 cm³/mol. The van der Waals surface area contributed by atoms with Crippen molar-refractivity contribution in [1.82, 2.24) is 4.90 Å². The fourth-order valence-electron chi connectivity index (χ4n) is 2.57. The molecule has 0 bridgehead atoms. The van der Waals surface area contributed by atoms with Gasteiger partial charge in [0, 0.05) is 24.0 Å². The third-order valence-electron chi connectivity index (χ3n) is 3.87. The second-order valence-electron chi connectivity index (χ2n) is 5.92. The lowest BCUT2D eigenvalue weighted by Gasteiger charge is -2.13. The quantitative estimate of drug-likeness (QED) is 0.571. The van der Waals surface area contributed by atoms with Gasteiger partial charge in [0.2, 0.25) is 0 Å². The molecular formula is C20H15F4NO. The maximum atomic E-state index is 13.8. The van der Waals surface area contributed by atoms with Crippen molar-refractivity contribution in [3.05, 3.63) is 77.3 Å². The van der Waals surface area contributed by atoms with Crippen LogP contribution in [0.3, 0.4) is 0 Å². The van der Waals surface area contributed by atoms with E-state index in [-0.39, 0.29) is 5.56 Å². The van der Waals surface area contributed by atoms with Crippen LogP contribution < -0.4 is 0 Å². The lowest BCUT2D eigenvalue weighted by molar-refractivity contribution is -0.137. The van der Waals surface area contributed by atoms with Crippen molar-refractivity contribution in [3.8, 4) is 0 Å². The van der Waals surface area contributed by atoms with Crippen LogP contribution in [0.5, 0.6) is 0 Å². The van der Waals surface area contributed by atoms with E-state index in [4.69, 9.17) is 4.42 Å². The highest BCUT2D eigenvalue weighted by atomic mass is 19.4. The lowest BCUT2D eigenvalue weighted by Crippen LogP contribution is -2.17. The highest BCUT2D eigenvalue weighted by Gasteiger charge is 2.31. The van der Waals surface area contributed by atoms with Crippen molar-refractivity contribution >= 4 is 17.0 Å². The first-order chi connectivity index (χ1) is 12.3. The molecule has 1 aromatic heterocycles. The molecule has 0 saturated heterocycles. The Labute approximate surface area is 148 Å². The molecule has 134 valence electrons. The van der Waals surface area contributed by atoms with Crippen LogP contribution in [0, 0.1) is 17.9 Å². The minimum Gasteiger partial charge on any atom is -0.464 e. The van der Waals surface area contributed by atoms with Gasteiger partial charge in [0.25, 0.3) is 0 Å². The van der Waals surface area contributed by atoms with Crippen molar-refractivity contribution < 1.29 is 22.0 Å². The van der Waals surface area contributed by atoms with Crippen LogP contribution in [0.2, 0.25) is 0 Å². The number of hydrogen-bond acceptors (Lipinski definition) is 2. The normalized spacial score (nSPS) is 12.2. The molecule has 0 amide bonds. The van der Waals surface area contributed by atoms with Crippen molar-refractivity contribution in [1.29, 1.82) is 0 Å². The summed E-state index contributed by atoms with van der Waals surface area (Å²) in [6.07, 6.45) is 0.130. The molecule has 0 aliphatic rings. The number of furan rings is 1. The highest BCUT2D eigenvalue weighted by molar-refractivity contribution is 5.80. The summed E-state index contributed by atoms with van der Waals surface area (Å²) >= 11 is 0. The molecule has 2 nitrogen and oxygen atoms in total. The zero-order valence-electron chi connectivity index (χ0n) is 13.9. The zero-order valence-corrected chi connectivity index (χ0v) is 13.9. The molecule has 0 aliphatic carbocycles. The number of halogens is 4. The van der Waals surface area contributed by atoms with Crippen molar-refractivity contribution in [3.63, 3.8) is 0 Å². The first kappa shape index (κ1) is 18.0. The van der Waals surface area contributed by atoms with Crippen molar-refractivity contribution in [2.24, 2.45) is 0 Å². The van der Waals surface area contributed by atoms with Crippen LogP contribution in [-0.4, -0.2) is 18.5 Å². The summed E-state index contributed by atoms with van der Waals surface area (Å²) < 4.78 is 56.7. The number of rotatable bonds is 5. The highest BCUT2D eigenvalue weighted by Crippen LogP contribution is 2.28. The maximum absolute atomic E-state index is 13.8. The van der Waals surface area contributed by atoms with E-state index in [1.54, 1.807) is 12.3 Å². The second-order valence-corrected chi connectivity index (χ2v) is 5.92. The number of para-hydroxylation sites is 1. The van der Waals surface area contributed by atoms with Crippen molar-refractivity contribution in [2.75, 3.05) is 13.6 Å². The van der Waals surface area contributed by atoms with Crippen LogP contribution >= 0.6 is 0 Å². The molecule has 2 aromatic carbocycles. The molecule has 0 N–H and O–H groups in total. The molecule has 1 heterocycles. The van der Waals surface area contributed by atoms with Crippen LogP contribution in [0.1, 0.15) is 16.7 Å². The molecule has 26 heavy (non-hydrogen) atoms. The fraction of sp³-hybridized carbons (Fsp3) is 0.200. The zero-order chi connectivity index (χ0) is 18.7. The van der Waals surface area contributed by atoms with Crippen molar-refractivity contribution in [2.45, 2.75) is 12.7 Å². The summed E-state index contributed by atoms with van der Waals surface area (Å²) in [7, 11) is 1.88. The first-order valence-corrected chi connectivity index (χ1v) is 7.85. The Morgan fingerprint density at radius 1 is 1.19 bits per heavy atom. The van der Waals surface area contributed by atoms with E-state index >= 15 is 0 Å². The number of fused-ring (bicyclic) bond motifs is 1. The average molecular weight is 361 g/mol. The largest absolute Gasteiger partial charge is 0.464 e. The lowest BCUT2D eigenvalue weighted by atomic mass is 10.1. The van der Waals surface area contributed by atoms with Gasteiger partial charge in [-0.1, -0.05) is 36.4 Å². The molecule has 3 aromatic rings. The van der Waals surface area contributed by atoms with Gasteiger partial charge in [-0.25, -0.2) is 4.39 Å². The summed E-state index contributed by atoms with van der Waals surface area (Å²) in [6.45, 7) is 1.10. The smallest absolute Gasteiger partial charge is 0.424 e. The summed E-state index contributed by atoms with van der Waals surface area (Å²) in [5, 5.41) is 1.03. The Balaban J connectivity index is 1.63. The van der Waals surface area contributed by atoms with Crippen LogP contribution in [0.25, 0.3) is 17.0 Å². The number of nitrogens with zero attached hydrogens (tertiary/aromatic N) is 1. The van der Waals surface area contributed by atoms with E-state index in [0.29, 0.717) is 19.2 Å². The Bertz CT molecular complexity index is 927. The molecule has 0 atom stereocenters. The van der Waals surface area contributed by atoms with Gasteiger partial charge in [0.15, 0.2) is 0 Å². The standard InChI is InChI=1S/C20H15F4NO/c1-25(12-15-13-26-19-7-3-2-6-17(15)19)10-4-5-14-8-9-16(11-18(14)21)20(22,23)24/h2-7,11,13H,10,12H2,1H3/b5-4+. The van der Waals surface area contributed by atoms with Gasteiger partial charge in [0.05, 0.1) is 11.8 Å². The monoisotopic (exact) mass is 361 g/mol. The topological polar surface area (TPSA) is 16.4 Å². The Morgan fingerprint density at radius 3 is 2.69 bits per heavy atom. The Morgan fingerprint density at radius 2 is 1.96 bits per heavy atom. The average Bonchev–Trinajstić information content (AvgIpc) is 2.98. The van der Waals surface area contributed by atoms with Gasteiger partial charge < -0.3 is 4.42 Å². The number of hydrogen-bond donors (Lipinski definition) is 0. The molecule has 0 aliphatic heterocycles. The third-order valence-corrected chi connectivity index (χ3v) is 3.87. The second kappa shape index (κ2) is 7.22. The van der Waals surface area contributed by atoms with Gasteiger partial charge in [-0.3, -0.25) is 4.90 Å². The predicted octanol–water partition coefficient (Wildman–Crippen LogP) is 5.34. The molecule has 6 heteroatoms. The minimum atomic E-state index is -4.63. The van der Waals surface area contributed by atoms with Gasteiger partial charge in [0.1, 0.15) is 17.0 Å². The van der Waals surface area contributed by atoms with E-state index in [1.165, 1.54) is 6.08 Å². The Kier molecular flexibility index (Phi) is 5.01. The number of benzene rings is 1. The molecule has 0 spiro atoms. The van der Waals surface area contributed by atoms with Crippen LogP contribution in [-0.2, 0) is 12.7 Å². The van der Waals surface area contributed by atoms with Crippen LogP contribution in [0.4, 0.5) is 17.6 Å². The summed E-state index contributed by atoms with van der Waals surface area (Å²) in [5.41, 5.74) is 0.608. The van der Waals surface area contributed by atoms with E-state index in [1.807, 2.05) is 42.3 Å². The summed E-state index contributed by atoms with van der Waals surface area (Å²) in [6, 6.07) is 12.3. The third kappa shape index (κ3) is 4.06. The molecule has 3 rings (SSSR count). The number of likely N-dealkylation sites (N-methyl/N-ethyl adjacent to an activating group) is 1. The minimum absolute atomic E-state index is 0.0554. The molecule has 0 saturated carbocycles. The summed E-state index contributed by atoms with van der Waals surface area (Å²) in [5.74, 6) is -0.976. The van der Waals surface area contributed by atoms with Gasteiger partial charge >= 0.3 is 6.18 Å². The summed E-state index contributed by atoms with van der Waals surface area (Å²) in [4.78, 5) is 1.97. The van der Waals surface area contributed by atoms with E-state index in [9.17, 15) is 17.6 Å². The maximum Gasteiger partial charge on any atom is 0.424 e. The fourth-order valence-corrected chi connectivity index (χ4v) is 2.57. The van der Waals surface area contributed by atoms with E-state index < -0.39 is 17.6 Å². The van der Waals surface area contributed by atoms with Crippen LogP contribution in [0.15, 0.2) is 47.1 Å².